The maximum Gasteiger partial charge on any atom is 0.264 e. The van der Waals surface area contributed by atoms with Crippen molar-refractivity contribution in [2.24, 2.45) is 0 Å². The Labute approximate surface area is 85.5 Å². The third kappa shape index (κ3) is 1.04. The van der Waals surface area contributed by atoms with Gasteiger partial charge in [-0.3, -0.25) is 14.5 Å². The van der Waals surface area contributed by atoms with E-state index >= 15 is 0 Å². The van der Waals surface area contributed by atoms with Crippen molar-refractivity contribution in [1.82, 2.24) is 9.88 Å². The molecule has 5 heteroatoms. The second kappa shape index (κ2) is 2.78. The molecule has 0 spiro atoms. The van der Waals surface area contributed by atoms with E-state index in [0.717, 1.165) is 4.90 Å². The van der Waals surface area contributed by atoms with Gasteiger partial charge in [-0.15, -0.1) is 0 Å². The second-order valence-corrected chi connectivity index (χ2v) is 3.50. The molecule has 4 nitrogen and oxygen atoms in total. The van der Waals surface area contributed by atoms with E-state index in [2.05, 4.69) is 4.98 Å². The van der Waals surface area contributed by atoms with Crippen molar-refractivity contribution in [3.63, 3.8) is 0 Å². The van der Waals surface area contributed by atoms with Crippen molar-refractivity contribution < 1.29 is 9.59 Å². The van der Waals surface area contributed by atoms with Gasteiger partial charge in [0.2, 0.25) is 0 Å². The van der Waals surface area contributed by atoms with Crippen LogP contribution in [0.2, 0.25) is 5.15 Å². The van der Waals surface area contributed by atoms with Gasteiger partial charge in [0.25, 0.3) is 11.8 Å². The van der Waals surface area contributed by atoms with Crippen LogP contribution in [0.4, 0.5) is 0 Å². The van der Waals surface area contributed by atoms with Crippen LogP contribution in [0.1, 0.15) is 26.4 Å². The number of halogens is 1. The first kappa shape index (κ1) is 9.15. The van der Waals surface area contributed by atoms with E-state index in [1.807, 2.05) is 0 Å². The lowest BCUT2D eigenvalue weighted by molar-refractivity contribution is 0.0693. The molecule has 2 rings (SSSR count). The number of aryl methyl sites for hydroxylation is 1. The molecule has 0 fully saturated rings. The van der Waals surface area contributed by atoms with Gasteiger partial charge in [0.1, 0.15) is 5.15 Å². The lowest BCUT2D eigenvalue weighted by Gasteiger charge is -2.02. The van der Waals surface area contributed by atoms with Gasteiger partial charge in [0.15, 0.2) is 0 Å². The number of imide groups is 1. The summed E-state index contributed by atoms with van der Waals surface area (Å²) in [4.78, 5) is 28.0. The minimum absolute atomic E-state index is 0.0997. The molecule has 0 saturated heterocycles. The fourth-order valence-electron chi connectivity index (χ4n) is 1.45. The summed E-state index contributed by atoms with van der Waals surface area (Å²) < 4.78 is 0. The van der Waals surface area contributed by atoms with Crippen LogP contribution in [0, 0.1) is 6.92 Å². The molecule has 1 aromatic rings. The zero-order valence-corrected chi connectivity index (χ0v) is 8.42. The average Bonchev–Trinajstić information content (AvgIpc) is 2.31. The van der Waals surface area contributed by atoms with Crippen LogP contribution in [-0.4, -0.2) is 28.7 Å². The van der Waals surface area contributed by atoms with E-state index in [4.69, 9.17) is 11.6 Å². The molecule has 0 atom stereocenters. The number of carbonyl (C=O) groups is 2. The molecule has 0 radical (unpaired) electrons. The van der Waals surface area contributed by atoms with Gasteiger partial charge >= 0.3 is 0 Å². The number of hydrogen-bond acceptors (Lipinski definition) is 3. The summed E-state index contributed by atoms with van der Waals surface area (Å²) in [5, 5.41) is 0.0997. The van der Waals surface area contributed by atoms with E-state index in [1.165, 1.54) is 7.05 Å². The average molecular weight is 211 g/mol. The molecule has 0 N–H and O–H groups in total. The number of hydrogen-bond donors (Lipinski definition) is 0. The molecule has 2 amide bonds. The van der Waals surface area contributed by atoms with Crippen LogP contribution in [0.5, 0.6) is 0 Å². The van der Waals surface area contributed by atoms with Crippen molar-refractivity contribution in [2.75, 3.05) is 7.05 Å². The molecule has 2 heterocycles. The third-order valence-corrected chi connectivity index (χ3v) is 2.43. The molecule has 0 unspecified atom stereocenters. The highest BCUT2D eigenvalue weighted by Gasteiger charge is 2.35. The molecule has 0 aromatic carbocycles. The van der Waals surface area contributed by atoms with E-state index in [-0.39, 0.29) is 22.5 Å². The van der Waals surface area contributed by atoms with Crippen molar-refractivity contribution in [3.8, 4) is 0 Å². The number of carbonyl (C=O) groups excluding carboxylic acids is 2. The predicted molar refractivity (Wildman–Crippen MR) is 50.4 cm³/mol. The zero-order chi connectivity index (χ0) is 10.5. The molecule has 0 saturated carbocycles. The predicted octanol–water partition coefficient (Wildman–Crippen LogP) is 1.27. The van der Waals surface area contributed by atoms with Crippen molar-refractivity contribution in [3.05, 3.63) is 28.0 Å². The van der Waals surface area contributed by atoms with Crippen LogP contribution in [0.3, 0.4) is 0 Å². The number of aromatic nitrogens is 1. The first-order chi connectivity index (χ1) is 6.52. The van der Waals surface area contributed by atoms with Crippen LogP contribution in [-0.2, 0) is 0 Å². The maximum atomic E-state index is 11.5. The summed E-state index contributed by atoms with van der Waals surface area (Å²) in [6.45, 7) is 1.72. The van der Waals surface area contributed by atoms with Crippen LogP contribution in [0.25, 0.3) is 0 Å². The van der Waals surface area contributed by atoms with Gasteiger partial charge in [-0.25, -0.2) is 4.98 Å². The third-order valence-electron chi connectivity index (χ3n) is 2.16. The minimum atomic E-state index is -0.387. The van der Waals surface area contributed by atoms with E-state index in [1.54, 1.807) is 13.0 Å². The molecule has 0 bridgehead atoms. The highest BCUT2D eigenvalue weighted by molar-refractivity contribution is 6.36. The molecular weight excluding hydrogens is 204 g/mol. The number of rotatable bonds is 0. The monoisotopic (exact) mass is 210 g/mol. The lowest BCUT2D eigenvalue weighted by atomic mass is 10.1. The summed E-state index contributed by atoms with van der Waals surface area (Å²) in [6.07, 6.45) is 0. The van der Waals surface area contributed by atoms with Crippen LogP contribution < -0.4 is 0 Å². The standard InChI is InChI=1S/C9H7ClN2O2/c1-4-3-5-6(7(10)11-4)9(14)12(2)8(5)13/h3H,1-2H3. The largest absolute Gasteiger partial charge is 0.277 e. The fourth-order valence-corrected chi connectivity index (χ4v) is 1.76. The molecule has 0 aliphatic carbocycles. The summed E-state index contributed by atoms with van der Waals surface area (Å²) in [5.74, 6) is -0.708. The normalized spacial score (nSPS) is 14.9. The summed E-state index contributed by atoms with van der Waals surface area (Å²) in [5.41, 5.74) is 1.19. The van der Waals surface area contributed by atoms with Crippen molar-refractivity contribution in [1.29, 1.82) is 0 Å². The van der Waals surface area contributed by atoms with Gasteiger partial charge in [0, 0.05) is 12.7 Å². The number of amides is 2. The van der Waals surface area contributed by atoms with Gasteiger partial charge in [-0.05, 0) is 13.0 Å². The molecule has 14 heavy (non-hydrogen) atoms. The summed E-state index contributed by atoms with van der Waals surface area (Å²) >= 11 is 5.79. The van der Waals surface area contributed by atoms with E-state index in [0.29, 0.717) is 11.3 Å². The fraction of sp³-hybridized carbons (Fsp3) is 0.222. The van der Waals surface area contributed by atoms with Crippen molar-refractivity contribution in [2.45, 2.75) is 6.92 Å². The Morgan fingerprint density at radius 3 is 2.64 bits per heavy atom. The lowest BCUT2D eigenvalue weighted by Crippen LogP contribution is -2.24. The molecular formula is C9H7ClN2O2. The van der Waals surface area contributed by atoms with Gasteiger partial charge < -0.3 is 0 Å². The quantitative estimate of drug-likeness (QED) is 0.479. The Kier molecular flexibility index (Phi) is 1.82. The number of nitrogens with zero attached hydrogens (tertiary/aromatic N) is 2. The minimum Gasteiger partial charge on any atom is -0.277 e. The number of fused-ring (bicyclic) bond motifs is 1. The maximum absolute atomic E-state index is 11.5. The first-order valence-electron chi connectivity index (χ1n) is 4.02. The van der Waals surface area contributed by atoms with Crippen LogP contribution >= 0.6 is 11.6 Å². The Hall–Kier alpha value is -1.42. The Bertz CT molecular complexity index is 456. The molecule has 72 valence electrons. The highest BCUT2D eigenvalue weighted by atomic mass is 35.5. The molecule has 1 aliphatic rings. The Morgan fingerprint density at radius 2 is 2.00 bits per heavy atom. The zero-order valence-electron chi connectivity index (χ0n) is 7.67. The first-order valence-corrected chi connectivity index (χ1v) is 4.39. The van der Waals surface area contributed by atoms with Gasteiger partial charge in [-0.2, -0.15) is 0 Å². The smallest absolute Gasteiger partial charge is 0.264 e. The van der Waals surface area contributed by atoms with E-state index < -0.39 is 0 Å². The van der Waals surface area contributed by atoms with Crippen molar-refractivity contribution >= 4 is 23.4 Å². The molecule has 1 aliphatic heterocycles. The van der Waals surface area contributed by atoms with E-state index in [9.17, 15) is 9.59 Å². The highest BCUT2D eigenvalue weighted by Crippen LogP contribution is 2.27. The molecule has 1 aromatic heterocycles. The van der Waals surface area contributed by atoms with Crippen LogP contribution in [0.15, 0.2) is 6.07 Å². The van der Waals surface area contributed by atoms with Gasteiger partial charge in [-0.1, -0.05) is 11.6 Å². The topological polar surface area (TPSA) is 50.3 Å². The second-order valence-electron chi connectivity index (χ2n) is 3.15. The Balaban J connectivity index is 2.76. The summed E-state index contributed by atoms with van der Waals surface area (Å²) in [6, 6.07) is 1.57. The SMILES string of the molecule is Cc1cc2c(c(Cl)n1)C(=O)N(C)C2=O. The number of pyridine rings is 1. The van der Waals surface area contributed by atoms with Gasteiger partial charge in [0.05, 0.1) is 11.1 Å². The Morgan fingerprint density at radius 1 is 1.36 bits per heavy atom. The summed E-state index contributed by atoms with van der Waals surface area (Å²) in [7, 11) is 1.43.